The van der Waals surface area contributed by atoms with Crippen molar-refractivity contribution in [1.82, 2.24) is 0 Å². The van der Waals surface area contributed by atoms with E-state index in [1.165, 1.54) is 12.5 Å². The van der Waals surface area contributed by atoms with Crippen LogP contribution in [0.25, 0.3) is 0 Å². The highest BCUT2D eigenvalue weighted by Crippen LogP contribution is 2.49. The lowest BCUT2D eigenvalue weighted by molar-refractivity contribution is -0.174. The van der Waals surface area contributed by atoms with Crippen LogP contribution in [-0.4, -0.2) is 11.9 Å². The molecule has 0 radical (unpaired) electrons. The number of carbonyl (C=O) groups excluding carboxylic acids is 2. The molecule has 0 aliphatic carbocycles. The monoisotopic (exact) mass is 308 g/mol. The van der Waals surface area contributed by atoms with Gasteiger partial charge in [0.2, 0.25) is 0 Å². The third kappa shape index (κ3) is 4.21. The van der Waals surface area contributed by atoms with Crippen LogP contribution in [0.1, 0.15) is 54.4 Å². The highest BCUT2D eigenvalue weighted by molar-refractivity contribution is 5.88. The quantitative estimate of drug-likeness (QED) is 0.529. The molecule has 0 fully saturated rings. The molecule has 0 heterocycles. The Morgan fingerprint density at radius 1 is 0.864 bits per heavy atom. The van der Waals surface area contributed by atoms with Crippen molar-refractivity contribution in [3.63, 3.8) is 0 Å². The maximum Gasteiger partial charge on any atom is 0.328 e. The fraction of sp³-hybridized carbons (Fsp3) is 0.750. The van der Waals surface area contributed by atoms with Crippen LogP contribution in [0, 0.1) is 45.7 Å². The largest absolute Gasteiger partial charge is 0.351 e. The van der Waals surface area contributed by atoms with Crippen molar-refractivity contribution in [3.05, 3.63) is 0 Å². The molecule has 0 aliphatic heterocycles. The fourth-order valence-electron chi connectivity index (χ4n) is 3.01. The average Bonchev–Trinajstić information content (AvgIpc) is 2.37. The summed E-state index contributed by atoms with van der Waals surface area (Å²) < 4.78 is 9.08. The van der Waals surface area contributed by atoms with Crippen molar-refractivity contribution in [2.45, 2.75) is 54.4 Å². The van der Waals surface area contributed by atoms with Gasteiger partial charge in [-0.2, -0.15) is 0 Å². The fourth-order valence-corrected chi connectivity index (χ4v) is 3.01. The first-order valence-electron chi connectivity index (χ1n) is 7.25. The molecule has 122 valence electrons. The van der Waals surface area contributed by atoms with Gasteiger partial charge in [-0.3, -0.25) is 9.59 Å². The predicted octanol–water partition coefficient (Wildman–Crippen LogP) is 3.14. The molecule has 0 aromatic heterocycles. The van der Waals surface area contributed by atoms with Crippen LogP contribution >= 0.6 is 0 Å². The summed E-state index contributed by atoms with van der Waals surface area (Å²) in [7, 11) is 0. The zero-order valence-corrected chi connectivity index (χ0v) is 14.1. The van der Waals surface area contributed by atoms with Gasteiger partial charge in [-0.15, -0.1) is 10.5 Å². The van der Waals surface area contributed by atoms with E-state index in [1.807, 2.05) is 27.7 Å². The number of hydrogen-bond donors (Lipinski definition) is 0. The number of rotatable bonds is 7. The summed E-state index contributed by atoms with van der Waals surface area (Å²) in [4.78, 5) is 24.8. The summed E-state index contributed by atoms with van der Waals surface area (Å²) in [6.45, 7) is 10.8. The Bertz CT molecular complexity index is 455. The van der Waals surface area contributed by atoms with Crippen molar-refractivity contribution in [2.24, 2.45) is 22.7 Å². The number of esters is 2. The normalized spacial score (nSPS) is 16.1. The van der Waals surface area contributed by atoms with E-state index in [-0.39, 0.29) is 11.8 Å². The Labute approximate surface area is 132 Å². The van der Waals surface area contributed by atoms with Crippen LogP contribution in [-0.2, 0) is 19.1 Å². The number of ether oxygens (including phenoxy) is 2. The molecular weight excluding hydrogens is 284 g/mol. The van der Waals surface area contributed by atoms with Gasteiger partial charge >= 0.3 is 11.9 Å². The number of nitrogens with zero attached hydrogens (tertiary/aromatic N) is 2. The second-order valence-corrected chi connectivity index (χ2v) is 6.82. The van der Waals surface area contributed by atoms with Crippen molar-refractivity contribution < 1.29 is 19.1 Å². The molecule has 0 aromatic rings. The first-order valence-corrected chi connectivity index (χ1v) is 7.25. The summed E-state index contributed by atoms with van der Waals surface area (Å²) in [5.41, 5.74) is -2.54. The van der Waals surface area contributed by atoms with Crippen LogP contribution in [0.2, 0.25) is 0 Å². The van der Waals surface area contributed by atoms with Gasteiger partial charge in [0.25, 0.3) is 12.5 Å². The van der Waals surface area contributed by atoms with Gasteiger partial charge in [0, 0.05) is 0 Å². The van der Waals surface area contributed by atoms with E-state index in [1.54, 1.807) is 13.8 Å². The summed E-state index contributed by atoms with van der Waals surface area (Å²) >= 11 is 0. The molecule has 0 spiro atoms. The topological polar surface area (TPSA) is 100 Å². The summed E-state index contributed by atoms with van der Waals surface area (Å²) in [6.07, 6.45) is 3.41. The summed E-state index contributed by atoms with van der Waals surface area (Å²) in [5, 5.41) is 17.3. The Morgan fingerprint density at radius 2 is 1.14 bits per heavy atom. The zero-order chi connectivity index (χ0) is 17.6. The molecule has 0 saturated heterocycles. The molecule has 0 aromatic carbocycles. The smallest absolute Gasteiger partial charge is 0.328 e. The molecule has 0 aliphatic rings. The third-order valence-electron chi connectivity index (χ3n) is 4.03. The molecule has 2 unspecified atom stereocenters. The SMILES string of the molecule is CC(C)CC(C)(C(=O)OC#N)C(C)(CC(C)C)C(=O)OC#N. The Balaban J connectivity index is 6.05. The summed E-state index contributed by atoms with van der Waals surface area (Å²) in [6, 6.07) is 0. The second-order valence-electron chi connectivity index (χ2n) is 6.82. The standard InChI is InChI=1S/C16H24N2O4/c1-11(2)7-15(5,13(19)21-9-17)16(6,8-12(3)4)14(20)22-10-18/h11-12H,7-8H2,1-6H3. The molecule has 6 nitrogen and oxygen atoms in total. The first kappa shape index (κ1) is 19.9. The van der Waals surface area contributed by atoms with E-state index in [4.69, 9.17) is 10.5 Å². The minimum Gasteiger partial charge on any atom is -0.351 e. The minimum atomic E-state index is -1.27. The van der Waals surface area contributed by atoms with Crippen molar-refractivity contribution in [1.29, 1.82) is 10.5 Å². The molecule has 2 atom stereocenters. The van der Waals surface area contributed by atoms with E-state index >= 15 is 0 Å². The minimum absolute atomic E-state index is 0.0811. The lowest BCUT2D eigenvalue weighted by Gasteiger charge is -2.43. The molecule has 0 saturated carbocycles. The zero-order valence-electron chi connectivity index (χ0n) is 14.1. The highest BCUT2D eigenvalue weighted by atomic mass is 16.5. The Kier molecular flexibility index (Phi) is 7.06. The molecule has 0 N–H and O–H groups in total. The van der Waals surface area contributed by atoms with E-state index in [0.29, 0.717) is 12.8 Å². The predicted molar refractivity (Wildman–Crippen MR) is 78.5 cm³/mol. The maximum atomic E-state index is 12.4. The molecule has 0 amide bonds. The summed E-state index contributed by atoms with van der Waals surface area (Å²) in [5.74, 6) is -1.39. The molecule has 0 bridgehead atoms. The van der Waals surface area contributed by atoms with Crippen molar-refractivity contribution in [3.8, 4) is 12.5 Å². The van der Waals surface area contributed by atoms with Gasteiger partial charge in [0.05, 0.1) is 10.8 Å². The van der Waals surface area contributed by atoms with E-state index in [9.17, 15) is 9.59 Å². The molecular formula is C16H24N2O4. The van der Waals surface area contributed by atoms with Gasteiger partial charge in [-0.1, -0.05) is 27.7 Å². The van der Waals surface area contributed by atoms with Gasteiger partial charge < -0.3 is 9.47 Å². The second kappa shape index (κ2) is 7.79. The van der Waals surface area contributed by atoms with E-state index in [0.717, 1.165) is 0 Å². The van der Waals surface area contributed by atoms with Crippen molar-refractivity contribution in [2.75, 3.05) is 0 Å². The molecule has 0 rings (SSSR count). The van der Waals surface area contributed by atoms with Crippen LogP contribution in [0.3, 0.4) is 0 Å². The van der Waals surface area contributed by atoms with Crippen LogP contribution < -0.4 is 0 Å². The first-order chi connectivity index (χ1) is 10.0. The van der Waals surface area contributed by atoms with Gasteiger partial charge in [-0.25, -0.2) is 0 Å². The van der Waals surface area contributed by atoms with Gasteiger partial charge in [0.15, 0.2) is 0 Å². The van der Waals surface area contributed by atoms with Gasteiger partial charge in [0.1, 0.15) is 0 Å². The maximum absolute atomic E-state index is 12.4. The number of carbonyl (C=O) groups is 2. The van der Waals surface area contributed by atoms with E-state index in [2.05, 4.69) is 9.47 Å². The van der Waals surface area contributed by atoms with Crippen molar-refractivity contribution >= 4 is 11.9 Å². The average molecular weight is 308 g/mol. The van der Waals surface area contributed by atoms with E-state index < -0.39 is 22.8 Å². The molecule has 6 heteroatoms. The van der Waals surface area contributed by atoms with Gasteiger partial charge in [-0.05, 0) is 38.5 Å². The number of hydrogen-bond acceptors (Lipinski definition) is 6. The Morgan fingerprint density at radius 3 is 1.32 bits per heavy atom. The lowest BCUT2D eigenvalue weighted by Crippen LogP contribution is -2.51. The van der Waals surface area contributed by atoms with Crippen LogP contribution in [0.5, 0.6) is 0 Å². The van der Waals surface area contributed by atoms with Crippen LogP contribution in [0.4, 0.5) is 0 Å². The highest BCUT2D eigenvalue weighted by Gasteiger charge is 2.57. The van der Waals surface area contributed by atoms with Crippen LogP contribution in [0.15, 0.2) is 0 Å². The lowest BCUT2D eigenvalue weighted by atomic mass is 9.59. The number of nitriles is 2. The molecule has 22 heavy (non-hydrogen) atoms. The Hall–Kier alpha value is -2.08. The third-order valence-corrected chi connectivity index (χ3v) is 4.03.